The number of amides is 1. The van der Waals surface area contributed by atoms with E-state index in [9.17, 15) is 4.79 Å². The van der Waals surface area contributed by atoms with Crippen molar-refractivity contribution < 1.29 is 4.79 Å². The van der Waals surface area contributed by atoms with Crippen LogP contribution >= 0.6 is 0 Å². The Morgan fingerprint density at radius 2 is 2.00 bits per heavy atom. The Balaban J connectivity index is 1.48. The summed E-state index contributed by atoms with van der Waals surface area (Å²) in [6, 6.07) is 12.2. The quantitative estimate of drug-likeness (QED) is 0.668. The molecule has 144 valence electrons. The smallest absolute Gasteiger partial charge is 0.254 e. The topological polar surface area (TPSA) is 51.0 Å². The highest BCUT2D eigenvalue weighted by molar-refractivity contribution is 5.95. The minimum atomic E-state index is 0.142. The lowest BCUT2D eigenvalue weighted by Gasteiger charge is -2.36. The van der Waals surface area contributed by atoms with Crippen LogP contribution in [0.15, 0.2) is 61.2 Å². The zero-order valence-electron chi connectivity index (χ0n) is 16.3. The zero-order chi connectivity index (χ0) is 19.3. The second-order valence-corrected chi connectivity index (χ2v) is 7.47. The van der Waals surface area contributed by atoms with Gasteiger partial charge in [-0.3, -0.25) is 14.5 Å². The number of carbonyl (C=O) groups excluding carboxylic acids is 1. The Labute approximate surface area is 166 Å². The highest BCUT2D eigenvalue weighted by atomic mass is 16.2. The van der Waals surface area contributed by atoms with E-state index in [0.29, 0.717) is 0 Å². The monoisotopic (exact) mass is 374 g/mol. The van der Waals surface area contributed by atoms with Crippen molar-refractivity contribution in [3.8, 4) is 11.1 Å². The lowest BCUT2D eigenvalue weighted by Crippen LogP contribution is -2.44. The van der Waals surface area contributed by atoms with Crippen molar-refractivity contribution in [2.45, 2.75) is 45.2 Å². The van der Waals surface area contributed by atoms with Crippen molar-refractivity contribution in [3.05, 3.63) is 72.3 Å². The van der Waals surface area contributed by atoms with Gasteiger partial charge in [0, 0.05) is 49.5 Å². The van der Waals surface area contributed by atoms with E-state index >= 15 is 0 Å². The number of nitrogens with zero attached hydrogens (tertiary/aromatic N) is 4. The molecule has 1 aromatic carbocycles. The number of pyridine rings is 1. The van der Waals surface area contributed by atoms with Crippen molar-refractivity contribution in [1.29, 1.82) is 0 Å². The molecule has 3 heterocycles. The maximum Gasteiger partial charge on any atom is 0.254 e. The molecular weight excluding hydrogens is 348 g/mol. The van der Waals surface area contributed by atoms with Gasteiger partial charge in [-0.25, -0.2) is 0 Å². The molecule has 3 aromatic rings. The lowest BCUT2D eigenvalue weighted by atomic mass is 9.97. The second kappa shape index (κ2) is 8.38. The highest BCUT2D eigenvalue weighted by Crippen LogP contribution is 2.25. The van der Waals surface area contributed by atoms with Gasteiger partial charge in [-0.15, -0.1) is 0 Å². The van der Waals surface area contributed by atoms with E-state index in [0.717, 1.165) is 54.6 Å². The van der Waals surface area contributed by atoms with Crippen LogP contribution in [-0.4, -0.2) is 38.2 Å². The molecule has 0 radical (unpaired) electrons. The number of likely N-dealkylation sites (tertiary alicyclic amines) is 1. The third-order valence-corrected chi connectivity index (χ3v) is 5.60. The number of hydrogen-bond donors (Lipinski definition) is 0. The average Bonchev–Trinajstić information content (AvgIpc) is 3.26. The summed E-state index contributed by atoms with van der Waals surface area (Å²) in [5, 5.41) is 4.28. The number of carbonyl (C=O) groups is 1. The first kappa shape index (κ1) is 18.4. The Hall–Kier alpha value is -2.95. The number of aromatic nitrogens is 3. The molecule has 0 saturated carbocycles. The SMILES string of the molecule is Cc1cnccc1-c1ccc(C(=O)N2CCCCC2CCn2cccn2)cc1. The summed E-state index contributed by atoms with van der Waals surface area (Å²) in [5.41, 5.74) is 4.17. The van der Waals surface area contributed by atoms with E-state index in [-0.39, 0.29) is 11.9 Å². The van der Waals surface area contributed by atoms with Crippen LogP contribution in [0, 0.1) is 6.92 Å². The lowest BCUT2D eigenvalue weighted by molar-refractivity contribution is 0.0594. The molecule has 1 atom stereocenters. The second-order valence-electron chi connectivity index (χ2n) is 7.47. The fourth-order valence-corrected chi connectivity index (χ4v) is 4.04. The van der Waals surface area contributed by atoms with Gasteiger partial charge in [-0.05, 0) is 73.6 Å². The number of rotatable bonds is 5. The van der Waals surface area contributed by atoms with Crippen LogP contribution in [0.3, 0.4) is 0 Å². The third kappa shape index (κ3) is 3.98. The molecule has 1 aliphatic rings. The van der Waals surface area contributed by atoms with E-state index in [1.807, 2.05) is 53.5 Å². The molecule has 1 saturated heterocycles. The molecule has 0 bridgehead atoms. The molecule has 1 aliphatic heterocycles. The summed E-state index contributed by atoms with van der Waals surface area (Å²) < 4.78 is 1.95. The minimum absolute atomic E-state index is 0.142. The van der Waals surface area contributed by atoms with Crippen LogP contribution in [0.5, 0.6) is 0 Å². The highest BCUT2D eigenvalue weighted by Gasteiger charge is 2.27. The molecule has 1 fully saturated rings. The van der Waals surface area contributed by atoms with Crippen LogP contribution in [0.1, 0.15) is 41.6 Å². The predicted molar refractivity (Wildman–Crippen MR) is 110 cm³/mol. The average molecular weight is 374 g/mol. The molecular formula is C23H26N4O. The fraction of sp³-hybridized carbons (Fsp3) is 0.348. The summed E-state index contributed by atoms with van der Waals surface area (Å²) in [6.07, 6.45) is 11.7. The molecule has 2 aromatic heterocycles. The van der Waals surface area contributed by atoms with Gasteiger partial charge in [0.05, 0.1) is 0 Å². The molecule has 0 N–H and O–H groups in total. The summed E-state index contributed by atoms with van der Waals surface area (Å²) in [5.74, 6) is 0.142. The van der Waals surface area contributed by atoms with Gasteiger partial charge in [-0.2, -0.15) is 5.10 Å². The van der Waals surface area contributed by atoms with Crippen LogP contribution in [0.25, 0.3) is 11.1 Å². The van der Waals surface area contributed by atoms with Gasteiger partial charge >= 0.3 is 0 Å². The van der Waals surface area contributed by atoms with Crippen LogP contribution in [-0.2, 0) is 6.54 Å². The zero-order valence-corrected chi connectivity index (χ0v) is 16.3. The van der Waals surface area contributed by atoms with Gasteiger partial charge in [0.1, 0.15) is 0 Å². The molecule has 0 spiro atoms. The molecule has 1 amide bonds. The van der Waals surface area contributed by atoms with Crippen LogP contribution in [0.4, 0.5) is 0 Å². The molecule has 5 nitrogen and oxygen atoms in total. The Bertz CT molecular complexity index is 918. The standard InChI is InChI=1S/C23H26N4O/c1-18-17-24-13-10-22(18)19-6-8-20(9-7-19)23(28)27-15-3-2-5-21(27)11-16-26-14-4-12-25-26/h4,6-10,12-14,17,21H,2-3,5,11,15-16H2,1H3. The summed E-state index contributed by atoms with van der Waals surface area (Å²) in [4.78, 5) is 19.4. The van der Waals surface area contributed by atoms with Crippen molar-refractivity contribution in [2.24, 2.45) is 0 Å². The summed E-state index contributed by atoms with van der Waals surface area (Å²) in [7, 11) is 0. The van der Waals surface area contributed by atoms with Gasteiger partial charge in [0.15, 0.2) is 0 Å². The van der Waals surface area contributed by atoms with E-state index < -0.39 is 0 Å². The Morgan fingerprint density at radius 3 is 2.75 bits per heavy atom. The minimum Gasteiger partial charge on any atom is -0.336 e. The summed E-state index contributed by atoms with van der Waals surface area (Å²) >= 11 is 0. The normalized spacial score (nSPS) is 16.9. The number of hydrogen-bond acceptors (Lipinski definition) is 3. The van der Waals surface area contributed by atoms with E-state index in [1.165, 1.54) is 6.42 Å². The van der Waals surface area contributed by atoms with Crippen molar-refractivity contribution in [2.75, 3.05) is 6.54 Å². The number of benzene rings is 1. The third-order valence-electron chi connectivity index (χ3n) is 5.60. The van der Waals surface area contributed by atoms with Crippen molar-refractivity contribution in [3.63, 3.8) is 0 Å². The first-order chi connectivity index (χ1) is 13.7. The van der Waals surface area contributed by atoms with Crippen molar-refractivity contribution >= 4 is 5.91 Å². The van der Waals surface area contributed by atoms with Gasteiger partial charge in [0.2, 0.25) is 0 Å². The number of aryl methyl sites for hydroxylation is 2. The maximum atomic E-state index is 13.2. The van der Waals surface area contributed by atoms with Gasteiger partial charge in [0.25, 0.3) is 5.91 Å². The number of piperidine rings is 1. The van der Waals surface area contributed by atoms with Gasteiger partial charge < -0.3 is 4.90 Å². The fourth-order valence-electron chi connectivity index (χ4n) is 4.04. The van der Waals surface area contributed by atoms with Crippen molar-refractivity contribution in [1.82, 2.24) is 19.7 Å². The summed E-state index contributed by atoms with van der Waals surface area (Å²) in [6.45, 7) is 3.74. The largest absolute Gasteiger partial charge is 0.336 e. The first-order valence-corrected chi connectivity index (χ1v) is 10.0. The van der Waals surface area contributed by atoms with Gasteiger partial charge in [-0.1, -0.05) is 12.1 Å². The molecule has 5 heteroatoms. The maximum absolute atomic E-state index is 13.2. The Morgan fingerprint density at radius 1 is 1.14 bits per heavy atom. The van der Waals surface area contributed by atoms with E-state index in [4.69, 9.17) is 0 Å². The first-order valence-electron chi connectivity index (χ1n) is 10.0. The van der Waals surface area contributed by atoms with E-state index in [2.05, 4.69) is 21.9 Å². The molecule has 4 rings (SSSR count). The molecule has 0 aliphatic carbocycles. The van der Waals surface area contributed by atoms with Crippen LogP contribution < -0.4 is 0 Å². The predicted octanol–water partition coefficient (Wildman–Crippen LogP) is 4.34. The van der Waals surface area contributed by atoms with Crippen LogP contribution in [0.2, 0.25) is 0 Å². The Kier molecular flexibility index (Phi) is 5.51. The van der Waals surface area contributed by atoms with E-state index in [1.54, 1.807) is 12.4 Å². The molecule has 28 heavy (non-hydrogen) atoms. The molecule has 1 unspecified atom stereocenters.